The first-order valence-corrected chi connectivity index (χ1v) is 6.65. The molecule has 0 saturated carbocycles. The Morgan fingerprint density at radius 2 is 0.931 bits per heavy atom. The third kappa shape index (κ3) is 9.62. The molecule has 0 rings (SSSR count). The monoisotopic (exact) mass is 432 g/mol. The Bertz CT molecular complexity index is 635. The van der Waals surface area contributed by atoms with Crippen molar-refractivity contribution >= 4 is 35.8 Å². The summed E-state index contributed by atoms with van der Waals surface area (Å²) in [6.07, 6.45) is -14.5. The lowest BCUT2D eigenvalue weighted by Crippen LogP contribution is -2.43. The van der Waals surface area contributed by atoms with Crippen molar-refractivity contribution in [2.45, 2.75) is 36.9 Å². The van der Waals surface area contributed by atoms with E-state index in [4.69, 9.17) is 30.6 Å². The summed E-state index contributed by atoms with van der Waals surface area (Å²) in [5.74, 6) is -11.6. The first-order valence-electron chi connectivity index (χ1n) is 6.65. The molecule has 0 aromatic heterocycles. The zero-order chi connectivity index (χ0) is 21.5. The van der Waals surface area contributed by atoms with Crippen molar-refractivity contribution in [3.05, 3.63) is 0 Å². The second-order valence-electron chi connectivity index (χ2n) is 4.71. The van der Waals surface area contributed by atoms with Gasteiger partial charge in [-0.15, -0.1) is 0 Å². The maximum absolute atomic E-state index is 11.3. The molecule has 13 N–H and O–H groups in total. The number of carbonyl (C=O) groups is 6. The fraction of sp³-hybridized carbons (Fsp3) is 0.500. The van der Waals surface area contributed by atoms with E-state index in [0.717, 1.165) is 0 Å². The Hall–Kier alpha value is -3.06. The van der Waals surface area contributed by atoms with Crippen LogP contribution >= 0.6 is 0 Å². The van der Waals surface area contributed by atoms with E-state index in [2.05, 4.69) is 9.47 Å². The van der Waals surface area contributed by atoms with Crippen LogP contribution in [0, 0.1) is 0 Å². The summed E-state index contributed by atoms with van der Waals surface area (Å²) in [6, 6.07) is 0. The van der Waals surface area contributed by atoms with Gasteiger partial charge in [-0.3, -0.25) is 4.79 Å². The second-order valence-corrected chi connectivity index (χ2v) is 4.71. The Kier molecular flexibility index (Phi) is 13.9. The molecule has 0 aliphatic carbocycles. The third-order valence-corrected chi connectivity index (χ3v) is 2.63. The fourth-order valence-corrected chi connectivity index (χ4v) is 1.21. The van der Waals surface area contributed by atoms with Crippen molar-refractivity contribution < 1.29 is 74.0 Å². The van der Waals surface area contributed by atoms with Gasteiger partial charge < -0.3 is 57.5 Å². The van der Waals surface area contributed by atoms with Crippen LogP contribution in [0.1, 0.15) is 6.42 Å². The van der Waals surface area contributed by atoms with E-state index in [0.29, 0.717) is 0 Å². The molecule has 5 unspecified atom stereocenters. The molecule has 0 aromatic carbocycles. The molecule has 29 heavy (non-hydrogen) atoms. The van der Waals surface area contributed by atoms with Gasteiger partial charge in [-0.2, -0.15) is 0 Å². The maximum atomic E-state index is 11.3. The number of carboxylic acids is 2. The molecule has 17 nitrogen and oxygen atoms in total. The summed E-state index contributed by atoms with van der Waals surface area (Å²) in [5, 5.41) is 61.9. The van der Waals surface area contributed by atoms with Crippen molar-refractivity contribution in [3.63, 3.8) is 0 Å². The fourth-order valence-electron chi connectivity index (χ4n) is 1.21. The van der Waals surface area contributed by atoms with Gasteiger partial charge in [-0.05, 0) is 0 Å². The molecule has 168 valence electrons. The molecule has 0 amide bonds. The largest absolute Gasteiger partial charge is 0.479 e. The van der Waals surface area contributed by atoms with E-state index in [9.17, 15) is 33.9 Å². The predicted molar refractivity (Wildman–Crippen MR) is 82.2 cm³/mol. The van der Waals surface area contributed by atoms with E-state index in [1.54, 1.807) is 0 Å². The van der Waals surface area contributed by atoms with Crippen molar-refractivity contribution in [1.82, 2.24) is 12.3 Å². The lowest BCUT2D eigenvalue weighted by Gasteiger charge is -2.14. The van der Waals surface area contributed by atoms with Gasteiger partial charge >= 0.3 is 35.8 Å². The number of aliphatic hydroxyl groups is 5. The Morgan fingerprint density at radius 3 is 1.28 bits per heavy atom. The highest BCUT2D eigenvalue weighted by molar-refractivity contribution is 5.95. The zero-order valence-corrected chi connectivity index (χ0v) is 14.4. The van der Waals surface area contributed by atoms with Crippen LogP contribution in [-0.4, -0.2) is 102 Å². The van der Waals surface area contributed by atoms with Crippen LogP contribution in [0.2, 0.25) is 0 Å². The van der Waals surface area contributed by atoms with Gasteiger partial charge in [0.1, 0.15) is 0 Å². The second kappa shape index (κ2) is 13.2. The third-order valence-electron chi connectivity index (χ3n) is 2.63. The van der Waals surface area contributed by atoms with Crippen LogP contribution in [0.5, 0.6) is 0 Å². The summed E-state index contributed by atoms with van der Waals surface area (Å²) in [4.78, 5) is 65.6. The molecule has 0 heterocycles. The highest BCUT2D eigenvalue weighted by Crippen LogP contribution is 2.04. The quantitative estimate of drug-likeness (QED) is 0.121. The SMILES string of the molecule is N.N.O=C(CC(O)C(=O)OC(=O)C(O)C(O)C(=O)O)OC(=O)C(O)C(O)C(=O)O. The van der Waals surface area contributed by atoms with Gasteiger partial charge in [-0.1, -0.05) is 0 Å². The Labute approximate surface area is 160 Å². The van der Waals surface area contributed by atoms with Gasteiger partial charge in [-0.25, -0.2) is 24.0 Å². The topological polar surface area (TPSA) is 332 Å². The highest BCUT2D eigenvalue weighted by Gasteiger charge is 2.36. The normalized spacial score (nSPS) is 15.1. The predicted octanol–water partition coefficient (Wildman–Crippen LogP) is -5.19. The maximum Gasteiger partial charge on any atom is 0.346 e. The summed E-state index contributed by atoms with van der Waals surface area (Å²) < 4.78 is 7.66. The van der Waals surface area contributed by atoms with Gasteiger partial charge in [0.2, 0.25) is 0 Å². The van der Waals surface area contributed by atoms with Crippen LogP contribution in [0.3, 0.4) is 0 Å². The van der Waals surface area contributed by atoms with E-state index >= 15 is 0 Å². The molecule has 5 atom stereocenters. The number of aliphatic hydroxyl groups excluding tert-OH is 5. The Balaban J connectivity index is -0.00000338. The number of hydrogen-bond acceptors (Lipinski definition) is 15. The summed E-state index contributed by atoms with van der Waals surface area (Å²) in [7, 11) is 0. The molecule has 0 spiro atoms. The van der Waals surface area contributed by atoms with Crippen LogP contribution in [-0.2, 0) is 38.2 Å². The van der Waals surface area contributed by atoms with Crippen LogP contribution < -0.4 is 12.3 Å². The lowest BCUT2D eigenvalue weighted by atomic mass is 10.2. The lowest BCUT2D eigenvalue weighted by molar-refractivity contribution is -0.182. The average Bonchev–Trinajstić information content (AvgIpc) is 2.58. The van der Waals surface area contributed by atoms with E-state index < -0.39 is 72.8 Å². The molecule has 0 saturated heterocycles. The number of carboxylic acid groups (broad SMARTS) is 2. The van der Waals surface area contributed by atoms with Gasteiger partial charge in [0.15, 0.2) is 30.5 Å². The Morgan fingerprint density at radius 1 is 0.586 bits per heavy atom. The number of carbonyl (C=O) groups excluding carboxylic acids is 4. The minimum Gasteiger partial charge on any atom is -0.479 e. The van der Waals surface area contributed by atoms with Gasteiger partial charge in [0.25, 0.3) is 0 Å². The molecule has 17 heteroatoms. The molecular formula is C12H20N2O15. The summed E-state index contributed by atoms with van der Waals surface area (Å²) >= 11 is 0. The van der Waals surface area contributed by atoms with Crippen LogP contribution in [0.4, 0.5) is 0 Å². The smallest absolute Gasteiger partial charge is 0.346 e. The average molecular weight is 432 g/mol. The molecule has 0 bridgehead atoms. The van der Waals surface area contributed by atoms with Crippen molar-refractivity contribution in [3.8, 4) is 0 Å². The van der Waals surface area contributed by atoms with E-state index in [1.165, 1.54) is 0 Å². The van der Waals surface area contributed by atoms with Gasteiger partial charge in [0.05, 0.1) is 6.42 Å². The molecular weight excluding hydrogens is 412 g/mol. The standard InChI is InChI=1S/C12H14O15.2H3N/c13-2(10(23)27-12(25)7(18)5(16)9(21)22)1-3(14)26-11(24)6(17)4(15)8(19)20;;/h2,4-7,13,15-18H,1H2,(H,19,20)(H,21,22);2*1H3. The van der Waals surface area contributed by atoms with Crippen molar-refractivity contribution in [2.75, 3.05) is 0 Å². The summed E-state index contributed by atoms with van der Waals surface area (Å²) in [5.41, 5.74) is 0. The van der Waals surface area contributed by atoms with Gasteiger partial charge in [0, 0.05) is 0 Å². The van der Waals surface area contributed by atoms with Crippen LogP contribution in [0.25, 0.3) is 0 Å². The molecule has 0 aliphatic heterocycles. The molecule has 0 aliphatic rings. The number of esters is 4. The minimum absolute atomic E-state index is 0. The van der Waals surface area contributed by atoms with E-state index in [-0.39, 0.29) is 12.3 Å². The number of rotatable bonds is 9. The van der Waals surface area contributed by atoms with Crippen molar-refractivity contribution in [2.24, 2.45) is 0 Å². The highest BCUT2D eigenvalue weighted by atomic mass is 16.6. The first-order chi connectivity index (χ1) is 12.3. The molecule has 0 radical (unpaired) electrons. The molecule has 0 aromatic rings. The van der Waals surface area contributed by atoms with E-state index in [1.807, 2.05) is 0 Å². The molecule has 0 fully saturated rings. The van der Waals surface area contributed by atoms with Crippen molar-refractivity contribution in [1.29, 1.82) is 0 Å². The number of aliphatic carboxylic acids is 2. The minimum atomic E-state index is -2.69. The zero-order valence-electron chi connectivity index (χ0n) is 14.4. The first kappa shape index (κ1) is 30.7. The number of hydrogen-bond donors (Lipinski definition) is 9. The van der Waals surface area contributed by atoms with Crippen LogP contribution in [0.15, 0.2) is 0 Å². The number of ether oxygens (including phenoxy) is 2. The summed E-state index contributed by atoms with van der Waals surface area (Å²) in [6.45, 7) is 0.